The second-order valence-corrected chi connectivity index (χ2v) is 13.3. The lowest BCUT2D eigenvalue weighted by molar-refractivity contribution is 0.530. The summed E-state index contributed by atoms with van der Waals surface area (Å²) >= 11 is 11.7. The van der Waals surface area contributed by atoms with Gasteiger partial charge in [-0.1, -0.05) is 122 Å². The second-order valence-electron chi connectivity index (χ2n) is 8.88. The molecular weight excluding hydrogens is 536 g/mol. The van der Waals surface area contributed by atoms with E-state index in [9.17, 15) is 0 Å². The van der Waals surface area contributed by atoms with E-state index < -0.39 is 0 Å². The topological polar surface area (TPSA) is 0 Å². The highest BCUT2D eigenvalue weighted by Gasteiger charge is 2.13. The minimum atomic E-state index is 0.601. The molecule has 0 bridgehead atoms. The average Bonchev–Trinajstić information content (AvgIpc) is 3.35. The lowest BCUT2D eigenvalue weighted by Gasteiger charge is -2.13. The molecule has 2 rings (SSSR count). The Morgan fingerprint density at radius 3 is 1.90 bits per heavy atom. The Morgan fingerprint density at radius 2 is 1.27 bits per heavy atom. The molecule has 0 amide bonds. The van der Waals surface area contributed by atoms with Gasteiger partial charge in [-0.2, -0.15) is 0 Å². The van der Waals surface area contributed by atoms with Crippen molar-refractivity contribution >= 4 is 63.9 Å². The molecule has 172 valence electrons. The summed E-state index contributed by atoms with van der Waals surface area (Å²) in [7, 11) is 0. The molecule has 0 saturated heterocycles. The number of alkyl halides is 2. The molecule has 2 atom stereocenters. The van der Waals surface area contributed by atoms with E-state index in [1.165, 1.54) is 124 Å². The Hall–Kier alpha value is 0.620. The Kier molecular flexibility index (Phi) is 15.4. The number of thiophene rings is 2. The zero-order valence-electron chi connectivity index (χ0n) is 19.0. The summed E-state index contributed by atoms with van der Waals surface area (Å²) in [6, 6.07) is 2.25. The van der Waals surface area contributed by atoms with Crippen molar-refractivity contribution in [2.75, 3.05) is 0 Å². The molecule has 0 saturated carbocycles. The normalized spacial score (nSPS) is 13.8. The standard InChI is InChI=1S/C26H42Br2S2/c1-2-3-4-5-6-7-8-9-10-11-12-13-14-15-23(27)16-17-24(28)20-22-21-30-25-18-19-29-26(22)25/h18-19,21,23-24H,2-17,20H2,1H3. The van der Waals surface area contributed by atoms with Crippen LogP contribution in [0.1, 0.15) is 115 Å². The van der Waals surface area contributed by atoms with Gasteiger partial charge in [-0.25, -0.2) is 0 Å². The van der Waals surface area contributed by atoms with E-state index in [-0.39, 0.29) is 0 Å². The first kappa shape index (κ1) is 26.9. The quantitative estimate of drug-likeness (QED) is 0.115. The summed E-state index contributed by atoms with van der Waals surface area (Å²) < 4.78 is 2.96. The first-order valence-electron chi connectivity index (χ1n) is 12.4. The molecule has 0 N–H and O–H groups in total. The third-order valence-electron chi connectivity index (χ3n) is 6.10. The van der Waals surface area contributed by atoms with Gasteiger partial charge in [0.05, 0.1) is 0 Å². The minimum Gasteiger partial charge on any atom is -0.143 e. The van der Waals surface area contributed by atoms with Crippen molar-refractivity contribution in [3.8, 4) is 0 Å². The van der Waals surface area contributed by atoms with Crippen LogP contribution in [-0.2, 0) is 6.42 Å². The number of hydrogen-bond donors (Lipinski definition) is 0. The summed E-state index contributed by atoms with van der Waals surface area (Å²) in [5.41, 5.74) is 1.54. The van der Waals surface area contributed by atoms with Gasteiger partial charge in [0.2, 0.25) is 0 Å². The Morgan fingerprint density at radius 1 is 0.700 bits per heavy atom. The first-order valence-corrected chi connectivity index (χ1v) is 16.0. The van der Waals surface area contributed by atoms with Crippen LogP contribution in [0.5, 0.6) is 0 Å². The van der Waals surface area contributed by atoms with Crippen molar-refractivity contribution in [3.63, 3.8) is 0 Å². The van der Waals surface area contributed by atoms with Gasteiger partial charge in [0.25, 0.3) is 0 Å². The number of fused-ring (bicyclic) bond motifs is 1. The fourth-order valence-electron chi connectivity index (χ4n) is 4.18. The van der Waals surface area contributed by atoms with Crippen LogP contribution in [0, 0.1) is 0 Å². The molecule has 2 unspecified atom stereocenters. The van der Waals surface area contributed by atoms with E-state index in [0.717, 1.165) is 0 Å². The first-order chi connectivity index (χ1) is 14.7. The van der Waals surface area contributed by atoms with Crippen LogP contribution < -0.4 is 0 Å². The van der Waals surface area contributed by atoms with E-state index in [4.69, 9.17) is 0 Å². The number of unbranched alkanes of at least 4 members (excludes halogenated alkanes) is 12. The van der Waals surface area contributed by atoms with Crippen molar-refractivity contribution in [3.05, 3.63) is 22.4 Å². The second kappa shape index (κ2) is 17.1. The third kappa shape index (κ3) is 11.5. The molecule has 0 radical (unpaired) electrons. The summed E-state index contributed by atoms with van der Waals surface area (Å²) in [6.45, 7) is 2.30. The molecule has 0 spiro atoms. The van der Waals surface area contributed by atoms with Crippen LogP contribution in [0.4, 0.5) is 0 Å². The summed E-state index contributed by atoms with van der Waals surface area (Å²) in [4.78, 5) is 1.29. The van der Waals surface area contributed by atoms with Crippen LogP contribution in [0.2, 0.25) is 0 Å². The SMILES string of the molecule is CCCCCCCCCCCCCCCC(Br)CCC(Br)Cc1csc2ccsc12. The van der Waals surface area contributed by atoms with E-state index >= 15 is 0 Å². The van der Waals surface area contributed by atoms with E-state index in [1.54, 1.807) is 0 Å². The Bertz CT molecular complexity index is 648. The maximum atomic E-state index is 3.93. The fraction of sp³-hybridized carbons (Fsp3) is 0.769. The maximum absolute atomic E-state index is 3.93. The number of hydrogen-bond acceptors (Lipinski definition) is 2. The number of rotatable bonds is 19. The highest BCUT2D eigenvalue weighted by Crippen LogP contribution is 2.33. The molecule has 30 heavy (non-hydrogen) atoms. The summed E-state index contributed by atoms with van der Waals surface area (Å²) in [5, 5.41) is 4.58. The van der Waals surface area contributed by atoms with Crippen molar-refractivity contribution < 1.29 is 0 Å². The van der Waals surface area contributed by atoms with E-state index in [1.807, 2.05) is 22.7 Å². The van der Waals surface area contributed by atoms with E-state index in [0.29, 0.717) is 9.65 Å². The molecule has 4 heteroatoms. The Labute approximate surface area is 210 Å². The zero-order valence-corrected chi connectivity index (χ0v) is 23.8. The highest BCUT2D eigenvalue weighted by molar-refractivity contribution is 9.09. The van der Waals surface area contributed by atoms with Gasteiger partial charge < -0.3 is 0 Å². The summed E-state index contributed by atoms with van der Waals surface area (Å²) in [5.74, 6) is 0. The minimum absolute atomic E-state index is 0.601. The van der Waals surface area contributed by atoms with Crippen molar-refractivity contribution in [1.29, 1.82) is 0 Å². The molecule has 0 aliphatic carbocycles. The fourth-order valence-corrected chi connectivity index (χ4v) is 7.52. The van der Waals surface area contributed by atoms with E-state index in [2.05, 4.69) is 55.6 Å². The average molecular weight is 579 g/mol. The van der Waals surface area contributed by atoms with Crippen molar-refractivity contribution in [2.24, 2.45) is 0 Å². The van der Waals surface area contributed by atoms with Gasteiger partial charge in [0.15, 0.2) is 0 Å². The molecule has 2 aromatic rings. The predicted molar refractivity (Wildman–Crippen MR) is 148 cm³/mol. The van der Waals surface area contributed by atoms with Crippen LogP contribution in [-0.4, -0.2) is 9.65 Å². The maximum Gasteiger partial charge on any atom is 0.0482 e. The largest absolute Gasteiger partial charge is 0.143 e. The molecule has 0 aliphatic rings. The molecule has 0 fully saturated rings. The van der Waals surface area contributed by atoms with Gasteiger partial charge in [-0.05, 0) is 48.1 Å². The molecular formula is C26H42Br2S2. The Balaban J connectivity index is 1.38. The molecule has 2 aromatic heterocycles. The van der Waals surface area contributed by atoms with Crippen LogP contribution in [0.15, 0.2) is 16.8 Å². The zero-order chi connectivity index (χ0) is 21.4. The monoisotopic (exact) mass is 576 g/mol. The lowest BCUT2D eigenvalue weighted by atomic mass is 10.0. The van der Waals surface area contributed by atoms with Crippen LogP contribution in [0.25, 0.3) is 9.40 Å². The van der Waals surface area contributed by atoms with Gasteiger partial charge in [0, 0.05) is 19.1 Å². The highest BCUT2D eigenvalue weighted by atomic mass is 79.9. The van der Waals surface area contributed by atoms with Gasteiger partial charge >= 0.3 is 0 Å². The molecule has 0 nitrogen and oxygen atoms in total. The van der Waals surface area contributed by atoms with Gasteiger partial charge in [-0.15, -0.1) is 22.7 Å². The van der Waals surface area contributed by atoms with Crippen LogP contribution >= 0.6 is 54.5 Å². The summed E-state index contributed by atoms with van der Waals surface area (Å²) in [6.07, 6.45) is 23.8. The molecule has 0 aliphatic heterocycles. The van der Waals surface area contributed by atoms with Crippen molar-refractivity contribution in [1.82, 2.24) is 0 Å². The smallest absolute Gasteiger partial charge is 0.0482 e. The van der Waals surface area contributed by atoms with Crippen molar-refractivity contribution in [2.45, 2.75) is 126 Å². The van der Waals surface area contributed by atoms with Crippen LogP contribution in [0.3, 0.4) is 0 Å². The predicted octanol–water partition coefficient (Wildman–Crippen LogP) is 11.3. The number of halogens is 2. The molecule has 2 heterocycles. The van der Waals surface area contributed by atoms with Gasteiger partial charge in [0.1, 0.15) is 0 Å². The molecule has 0 aromatic carbocycles. The lowest BCUT2D eigenvalue weighted by Crippen LogP contribution is -2.07. The third-order valence-corrected chi connectivity index (χ3v) is 9.92. The van der Waals surface area contributed by atoms with Gasteiger partial charge in [-0.3, -0.25) is 0 Å².